The summed E-state index contributed by atoms with van der Waals surface area (Å²) in [6.45, 7) is 8.12. The van der Waals surface area contributed by atoms with Crippen LogP contribution < -0.4 is 5.32 Å². The minimum atomic E-state index is 0.352. The Morgan fingerprint density at radius 3 is 2.44 bits per heavy atom. The molecule has 0 saturated carbocycles. The van der Waals surface area contributed by atoms with E-state index in [-0.39, 0.29) is 0 Å². The van der Waals surface area contributed by atoms with Crippen LogP contribution >= 0.6 is 0 Å². The maximum absolute atomic E-state index is 7.36. The van der Waals surface area contributed by atoms with Gasteiger partial charge in [-0.2, -0.15) is 0 Å². The fourth-order valence-electron chi connectivity index (χ4n) is 1.26. The highest BCUT2D eigenvalue weighted by Gasteiger charge is 2.03. The molecule has 16 heavy (non-hydrogen) atoms. The van der Waals surface area contributed by atoms with Gasteiger partial charge in [0.15, 0.2) is 0 Å². The summed E-state index contributed by atoms with van der Waals surface area (Å²) in [5, 5.41) is 10.5. The Hall–Kier alpha value is -1.83. The van der Waals surface area contributed by atoms with E-state index in [0.29, 0.717) is 5.92 Å². The first-order chi connectivity index (χ1) is 7.65. The van der Waals surface area contributed by atoms with E-state index in [9.17, 15) is 0 Å². The van der Waals surface area contributed by atoms with Gasteiger partial charge in [0.25, 0.3) is 0 Å². The zero-order valence-electron chi connectivity index (χ0n) is 9.83. The van der Waals surface area contributed by atoms with Crippen LogP contribution in [0.4, 0.5) is 5.69 Å². The van der Waals surface area contributed by atoms with E-state index in [0.717, 1.165) is 16.8 Å². The summed E-state index contributed by atoms with van der Waals surface area (Å²) in [5.41, 5.74) is 2.82. The van der Waals surface area contributed by atoms with Gasteiger partial charge in [0.05, 0.1) is 0 Å². The van der Waals surface area contributed by atoms with E-state index in [1.807, 2.05) is 36.5 Å². The summed E-state index contributed by atoms with van der Waals surface area (Å²) in [6, 6.07) is 9.88. The molecule has 1 rings (SSSR count). The van der Waals surface area contributed by atoms with Crippen molar-refractivity contribution in [1.82, 2.24) is 0 Å². The van der Waals surface area contributed by atoms with E-state index in [4.69, 9.17) is 5.41 Å². The van der Waals surface area contributed by atoms with E-state index in [2.05, 4.69) is 25.7 Å². The molecule has 84 valence electrons. The lowest BCUT2D eigenvalue weighted by atomic mass is 9.98. The van der Waals surface area contributed by atoms with Crippen molar-refractivity contribution in [3.05, 3.63) is 54.3 Å². The van der Waals surface area contributed by atoms with Gasteiger partial charge in [-0.25, -0.2) is 0 Å². The van der Waals surface area contributed by atoms with Crippen LogP contribution in [0.2, 0.25) is 0 Å². The highest BCUT2D eigenvalue weighted by molar-refractivity contribution is 5.82. The summed E-state index contributed by atoms with van der Waals surface area (Å²) in [6.07, 6.45) is 3.16. The van der Waals surface area contributed by atoms with Crippen LogP contribution in [0.1, 0.15) is 13.8 Å². The van der Waals surface area contributed by atoms with Gasteiger partial charge in [0, 0.05) is 23.7 Å². The molecule has 0 aliphatic carbocycles. The molecule has 0 amide bonds. The minimum absolute atomic E-state index is 0.352. The van der Waals surface area contributed by atoms with E-state index in [1.54, 1.807) is 0 Å². The number of hydrogen-bond acceptors (Lipinski definition) is 2. The fraction of sp³-hybridized carbons (Fsp3) is 0.214. The quantitative estimate of drug-likeness (QED) is 0.567. The number of rotatable bonds is 5. The van der Waals surface area contributed by atoms with E-state index < -0.39 is 0 Å². The molecule has 1 aromatic carbocycles. The van der Waals surface area contributed by atoms with Crippen molar-refractivity contribution in [1.29, 1.82) is 5.41 Å². The highest BCUT2D eigenvalue weighted by Crippen LogP contribution is 2.16. The van der Waals surface area contributed by atoms with Gasteiger partial charge in [0.1, 0.15) is 0 Å². The van der Waals surface area contributed by atoms with Gasteiger partial charge < -0.3 is 10.7 Å². The summed E-state index contributed by atoms with van der Waals surface area (Å²) in [7, 11) is 0. The molecule has 0 bridgehead atoms. The van der Waals surface area contributed by atoms with E-state index in [1.165, 1.54) is 6.21 Å². The van der Waals surface area contributed by atoms with Crippen molar-refractivity contribution >= 4 is 11.9 Å². The molecule has 0 spiro atoms. The second kappa shape index (κ2) is 5.91. The number of nitrogens with one attached hydrogen (secondary N) is 2. The Labute approximate surface area is 97.2 Å². The van der Waals surface area contributed by atoms with Gasteiger partial charge in [-0.05, 0) is 23.6 Å². The Balaban J connectivity index is 2.75. The van der Waals surface area contributed by atoms with Crippen LogP contribution in [-0.2, 0) is 0 Å². The van der Waals surface area contributed by atoms with Crippen molar-refractivity contribution in [2.45, 2.75) is 13.8 Å². The third-order valence-electron chi connectivity index (χ3n) is 2.39. The number of para-hydroxylation sites is 1. The normalized spacial score (nSPS) is 11.3. The molecule has 0 aromatic heterocycles. The van der Waals surface area contributed by atoms with Crippen molar-refractivity contribution in [3.8, 4) is 0 Å². The average molecular weight is 214 g/mol. The second-order valence-corrected chi connectivity index (χ2v) is 3.93. The smallest absolute Gasteiger partial charge is 0.0379 e. The third kappa shape index (κ3) is 3.39. The van der Waals surface area contributed by atoms with E-state index >= 15 is 0 Å². The standard InChI is InChI=1S/C14H18N2/c1-11(2)12(3)13(9-15)10-16-14-7-5-4-6-8-14/h4-11,15-16H,3H2,1-2H3/b13-10+,15-9?. The Kier molecular flexibility index (Phi) is 4.52. The first-order valence-corrected chi connectivity index (χ1v) is 5.36. The molecule has 0 saturated heterocycles. The maximum atomic E-state index is 7.36. The van der Waals surface area contributed by atoms with Crippen molar-refractivity contribution in [2.24, 2.45) is 5.92 Å². The van der Waals surface area contributed by atoms with Gasteiger partial charge >= 0.3 is 0 Å². The molecule has 2 N–H and O–H groups in total. The topological polar surface area (TPSA) is 35.9 Å². The molecule has 0 fully saturated rings. The molecule has 1 aromatic rings. The minimum Gasteiger partial charge on any atom is -0.361 e. The predicted octanol–water partition coefficient (Wildman–Crippen LogP) is 3.84. The Morgan fingerprint density at radius 1 is 1.31 bits per heavy atom. The number of hydrogen-bond donors (Lipinski definition) is 2. The molecule has 0 atom stereocenters. The molecule has 0 aliphatic heterocycles. The SMILES string of the molecule is C=C(/C(C=N)=C/Nc1ccccc1)C(C)C. The van der Waals surface area contributed by atoms with Crippen molar-refractivity contribution in [2.75, 3.05) is 5.32 Å². The lowest BCUT2D eigenvalue weighted by Crippen LogP contribution is -2.00. The second-order valence-electron chi connectivity index (χ2n) is 3.93. The monoisotopic (exact) mass is 214 g/mol. The summed E-state index contributed by atoms with van der Waals surface area (Å²) in [5.74, 6) is 0.352. The van der Waals surface area contributed by atoms with Crippen LogP contribution in [-0.4, -0.2) is 6.21 Å². The first kappa shape index (κ1) is 12.2. The highest BCUT2D eigenvalue weighted by atomic mass is 14.8. The van der Waals surface area contributed by atoms with Gasteiger partial charge in [0.2, 0.25) is 0 Å². The van der Waals surface area contributed by atoms with Gasteiger partial charge in [-0.15, -0.1) is 0 Å². The lowest BCUT2D eigenvalue weighted by molar-refractivity contribution is 0.789. The molecular weight excluding hydrogens is 196 g/mol. The molecule has 2 nitrogen and oxygen atoms in total. The largest absolute Gasteiger partial charge is 0.361 e. The Morgan fingerprint density at radius 2 is 1.94 bits per heavy atom. The zero-order valence-corrected chi connectivity index (χ0v) is 9.83. The van der Waals surface area contributed by atoms with Crippen LogP contribution in [0, 0.1) is 11.3 Å². The average Bonchev–Trinajstić information content (AvgIpc) is 2.30. The lowest BCUT2D eigenvalue weighted by Gasteiger charge is -2.10. The molecular formula is C14H18N2. The Bertz CT molecular complexity index is 388. The van der Waals surface area contributed by atoms with Gasteiger partial charge in [-0.1, -0.05) is 38.6 Å². The summed E-state index contributed by atoms with van der Waals surface area (Å²) >= 11 is 0. The third-order valence-corrected chi connectivity index (χ3v) is 2.39. The van der Waals surface area contributed by atoms with Crippen LogP contribution in [0.15, 0.2) is 54.3 Å². The molecule has 0 aliphatic rings. The first-order valence-electron chi connectivity index (χ1n) is 5.36. The van der Waals surface area contributed by atoms with Crippen LogP contribution in [0.5, 0.6) is 0 Å². The molecule has 0 radical (unpaired) electrons. The van der Waals surface area contributed by atoms with Crippen molar-refractivity contribution < 1.29 is 0 Å². The van der Waals surface area contributed by atoms with Gasteiger partial charge in [-0.3, -0.25) is 0 Å². The van der Waals surface area contributed by atoms with Crippen LogP contribution in [0.25, 0.3) is 0 Å². The van der Waals surface area contributed by atoms with Crippen molar-refractivity contribution in [3.63, 3.8) is 0 Å². The predicted molar refractivity (Wildman–Crippen MR) is 70.9 cm³/mol. The number of anilines is 1. The fourth-order valence-corrected chi connectivity index (χ4v) is 1.26. The molecule has 2 heteroatoms. The summed E-state index contributed by atoms with van der Waals surface area (Å²) in [4.78, 5) is 0. The van der Waals surface area contributed by atoms with Crippen LogP contribution in [0.3, 0.4) is 0 Å². The maximum Gasteiger partial charge on any atom is 0.0379 e. The number of benzene rings is 1. The molecule has 0 unspecified atom stereocenters. The molecule has 0 heterocycles. The number of allylic oxidation sites excluding steroid dienone is 2. The summed E-state index contributed by atoms with van der Waals surface area (Å²) < 4.78 is 0. The zero-order chi connectivity index (χ0) is 12.0.